The minimum absolute atomic E-state index is 0.0645. The molecule has 7 nitrogen and oxygen atoms in total. The molecule has 0 radical (unpaired) electrons. The van der Waals surface area contributed by atoms with Gasteiger partial charge in [0.15, 0.2) is 5.82 Å². The molecule has 1 saturated carbocycles. The van der Waals surface area contributed by atoms with E-state index in [1.165, 1.54) is 4.90 Å². The van der Waals surface area contributed by atoms with E-state index >= 15 is 0 Å². The quantitative estimate of drug-likeness (QED) is 0.839. The van der Waals surface area contributed by atoms with Crippen molar-refractivity contribution in [2.24, 2.45) is 0 Å². The van der Waals surface area contributed by atoms with Crippen molar-refractivity contribution < 1.29 is 19.2 Å². The second kappa shape index (κ2) is 6.12. The van der Waals surface area contributed by atoms with E-state index < -0.39 is 11.8 Å². The third-order valence-electron chi connectivity index (χ3n) is 3.58. The van der Waals surface area contributed by atoms with Crippen LogP contribution >= 0.6 is 0 Å². The molecular weight excluding hydrogens is 298 g/mol. The van der Waals surface area contributed by atoms with Crippen molar-refractivity contribution >= 4 is 17.6 Å². The van der Waals surface area contributed by atoms with Gasteiger partial charge in [-0.05, 0) is 37.5 Å². The van der Waals surface area contributed by atoms with E-state index in [0.717, 1.165) is 18.4 Å². The fraction of sp³-hybridized carbons (Fsp3) is 0.312. The molecule has 2 aromatic rings. The first-order valence-electron chi connectivity index (χ1n) is 7.36. The Morgan fingerprint density at radius 2 is 2.17 bits per heavy atom. The van der Waals surface area contributed by atoms with E-state index in [1.807, 2.05) is 0 Å². The van der Waals surface area contributed by atoms with Crippen LogP contribution in [0.1, 0.15) is 24.2 Å². The predicted molar refractivity (Wildman–Crippen MR) is 81.5 cm³/mol. The average molecular weight is 315 g/mol. The Morgan fingerprint density at radius 3 is 2.78 bits per heavy atom. The van der Waals surface area contributed by atoms with Crippen LogP contribution in [0.4, 0.5) is 5.82 Å². The summed E-state index contributed by atoms with van der Waals surface area (Å²) in [5.74, 6) is -0.462. The number of aromatic hydroxyl groups is 1. The van der Waals surface area contributed by atoms with Gasteiger partial charge >= 0.3 is 11.8 Å². The molecule has 0 bridgehead atoms. The number of aryl methyl sites for hydroxylation is 1. The fourth-order valence-electron chi connectivity index (χ4n) is 2.33. The fourth-order valence-corrected chi connectivity index (χ4v) is 2.33. The number of aromatic nitrogens is 1. The van der Waals surface area contributed by atoms with Crippen LogP contribution in [-0.4, -0.2) is 33.0 Å². The number of phenolic OH excluding ortho intramolecular Hbond substituents is 1. The highest BCUT2D eigenvalue weighted by Crippen LogP contribution is 2.29. The normalized spacial score (nSPS) is 13.6. The summed E-state index contributed by atoms with van der Waals surface area (Å²) < 4.78 is 4.86. The summed E-state index contributed by atoms with van der Waals surface area (Å²) in [5, 5.41) is 15.6. The molecule has 0 atom stereocenters. The maximum atomic E-state index is 12.4. The third kappa shape index (κ3) is 3.68. The minimum Gasteiger partial charge on any atom is -0.508 e. The molecule has 1 heterocycles. The molecule has 2 N–H and O–H groups in total. The van der Waals surface area contributed by atoms with Crippen molar-refractivity contribution in [3.8, 4) is 5.75 Å². The number of phenols is 1. The van der Waals surface area contributed by atoms with E-state index in [2.05, 4.69) is 10.5 Å². The smallest absolute Gasteiger partial charge is 0.315 e. The first-order valence-corrected chi connectivity index (χ1v) is 7.36. The van der Waals surface area contributed by atoms with Crippen molar-refractivity contribution in [1.29, 1.82) is 0 Å². The first-order chi connectivity index (χ1) is 11.0. The van der Waals surface area contributed by atoms with Crippen LogP contribution in [0.2, 0.25) is 0 Å². The van der Waals surface area contributed by atoms with Gasteiger partial charge in [0.25, 0.3) is 0 Å². The Labute approximate surface area is 132 Å². The van der Waals surface area contributed by atoms with Gasteiger partial charge in [0.05, 0.1) is 0 Å². The molecule has 23 heavy (non-hydrogen) atoms. The van der Waals surface area contributed by atoms with E-state index in [-0.39, 0.29) is 24.2 Å². The molecule has 1 aromatic heterocycles. The molecule has 1 aromatic carbocycles. The molecule has 7 heteroatoms. The molecule has 1 aliphatic carbocycles. The molecule has 0 saturated heterocycles. The number of carbonyl (C=O) groups excluding carboxylic acids is 2. The highest BCUT2D eigenvalue weighted by Gasteiger charge is 2.35. The van der Waals surface area contributed by atoms with Gasteiger partial charge in [0, 0.05) is 18.7 Å². The zero-order valence-corrected chi connectivity index (χ0v) is 12.7. The number of rotatable bonds is 4. The zero-order valence-electron chi connectivity index (χ0n) is 12.7. The van der Waals surface area contributed by atoms with Gasteiger partial charge in [-0.3, -0.25) is 14.9 Å². The Balaban J connectivity index is 1.70. The van der Waals surface area contributed by atoms with Crippen LogP contribution in [0.3, 0.4) is 0 Å². The lowest BCUT2D eigenvalue weighted by Gasteiger charge is -2.21. The van der Waals surface area contributed by atoms with Crippen LogP contribution in [0.25, 0.3) is 0 Å². The molecule has 1 fully saturated rings. The Hall–Kier alpha value is -2.83. The minimum atomic E-state index is -0.745. The maximum absolute atomic E-state index is 12.4. The van der Waals surface area contributed by atoms with Gasteiger partial charge < -0.3 is 14.5 Å². The van der Waals surface area contributed by atoms with Gasteiger partial charge in [0.2, 0.25) is 0 Å². The van der Waals surface area contributed by atoms with Gasteiger partial charge in [-0.1, -0.05) is 17.3 Å². The number of benzene rings is 1. The Kier molecular flexibility index (Phi) is 4.01. The Bertz CT molecular complexity index is 736. The summed E-state index contributed by atoms with van der Waals surface area (Å²) in [7, 11) is 0. The summed E-state index contributed by atoms with van der Waals surface area (Å²) in [6.45, 7) is 1.98. The van der Waals surface area contributed by atoms with Crippen molar-refractivity contribution in [3.05, 3.63) is 41.7 Å². The molecule has 3 rings (SSSR count). The summed E-state index contributed by atoms with van der Waals surface area (Å²) in [6, 6.07) is 8.27. The lowest BCUT2D eigenvalue weighted by molar-refractivity contribution is -0.144. The van der Waals surface area contributed by atoms with Crippen molar-refractivity contribution in [1.82, 2.24) is 10.1 Å². The molecule has 0 spiro atoms. The lowest BCUT2D eigenvalue weighted by Crippen LogP contribution is -2.40. The van der Waals surface area contributed by atoms with E-state index in [4.69, 9.17) is 4.52 Å². The van der Waals surface area contributed by atoms with Gasteiger partial charge in [-0.15, -0.1) is 0 Å². The van der Waals surface area contributed by atoms with Gasteiger partial charge in [-0.25, -0.2) is 0 Å². The number of carbonyl (C=O) groups is 2. The molecule has 120 valence electrons. The molecule has 0 unspecified atom stereocenters. The second-order valence-electron chi connectivity index (χ2n) is 5.61. The van der Waals surface area contributed by atoms with Crippen LogP contribution in [0, 0.1) is 6.92 Å². The second-order valence-corrected chi connectivity index (χ2v) is 5.61. The molecule has 1 aliphatic rings. The highest BCUT2D eigenvalue weighted by atomic mass is 16.5. The standard InChI is InChI=1S/C16H17N3O4/c1-10-7-14(18-23-10)17-15(21)16(22)19(12-5-6-12)9-11-3-2-4-13(20)8-11/h2-4,7-8,12,20H,5-6,9H2,1H3,(H,17,18,21). The molecule has 0 aliphatic heterocycles. The number of nitrogens with one attached hydrogen (secondary N) is 1. The number of hydrogen-bond donors (Lipinski definition) is 2. The van der Waals surface area contributed by atoms with E-state index in [9.17, 15) is 14.7 Å². The van der Waals surface area contributed by atoms with E-state index in [0.29, 0.717) is 5.76 Å². The van der Waals surface area contributed by atoms with Crippen LogP contribution in [-0.2, 0) is 16.1 Å². The molecule has 2 amide bonds. The Morgan fingerprint density at radius 1 is 1.39 bits per heavy atom. The third-order valence-corrected chi connectivity index (χ3v) is 3.58. The summed E-state index contributed by atoms with van der Waals surface area (Å²) in [6.07, 6.45) is 1.75. The zero-order chi connectivity index (χ0) is 16.4. The first kappa shape index (κ1) is 15.1. The van der Waals surface area contributed by atoms with Crippen LogP contribution in [0.5, 0.6) is 5.75 Å². The topological polar surface area (TPSA) is 95.7 Å². The van der Waals surface area contributed by atoms with Crippen molar-refractivity contribution in [3.63, 3.8) is 0 Å². The van der Waals surface area contributed by atoms with Gasteiger partial charge in [0.1, 0.15) is 11.5 Å². The largest absolute Gasteiger partial charge is 0.508 e. The van der Waals surface area contributed by atoms with E-state index in [1.54, 1.807) is 37.3 Å². The average Bonchev–Trinajstić information content (AvgIpc) is 3.27. The number of hydrogen-bond acceptors (Lipinski definition) is 5. The lowest BCUT2D eigenvalue weighted by atomic mass is 10.2. The van der Waals surface area contributed by atoms with Crippen molar-refractivity contribution in [2.45, 2.75) is 32.4 Å². The summed E-state index contributed by atoms with van der Waals surface area (Å²) >= 11 is 0. The van der Waals surface area contributed by atoms with Crippen molar-refractivity contribution in [2.75, 3.05) is 5.32 Å². The monoisotopic (exact) mass is 315 g/mol. The predicted octanol–water partition coefficient (Wildman–Crippen LogP) is 1.82. The molecular formula is C16H17N3O4. The number of anilines is 1. The van der Waals surface area contributed by atoms with Gasteiger partial charge in [-0.2, -0.15) is 0 Å². The highest BCUT2D eigenvalue weighted by molar-refractivity contribution is 6.39. The summed E-state index contributed by atoms with van der Waals surface area (Å²) in [5.41, 5.74) is 0.773. The van der Waals surface area contributed by atoms with Crippen LogP contribution < -0.4 is 5.32 Å². The van der Waals surface area contributed by atoms with Crippen LogP contribution in [0.15, 0.2) is 34.9 Å². The summed E-state index contributed by atoms with van der Waals surface area (Å²) in [4.78, 5) is 26.1. The maximum Gasteiger partial charge on any atom is 0.315 e. The number of amides is 2. The number of nitrogens with zero attached hydrogens (tertiary/aromatic N) is 2. The SMILES string of the molecule is Cc1cc(NC(=O)C(=O)N(Cc2cccc(O)c2)C2CC2)no1.